The Bertz CT molecular complexity index is 1140. The summed E-state index contributed by atoms with van der Waals surface area (Å²) in [5.41, 5.74) is 1.87. The van der Waals surface area contributed by atoms with Gasteiger partial charge in [-0.25, -0.2) is 4.98 Å². The molecule has 1 unspecified atom stereocenters. The van der Waals surface area contributed by atoms with Crippen LogP contribution in [0.2, 0.25) is 0 Å². The quantitative estimate of drug-likeness (QED) is 0.486. The molecule has 4 nitrogen and oxygen atoms in total. The average Bonchev–Trinajstić information content (AvgIpc) is 3.22. The molecule has 4 aromatic rings. The van der Waals surface area contributed by atoms with E-state index in [-0.39, 0.29) is 11.9 Å². The SMILES string of the molecule is CC(c1nc2ccccc2s1)N1CCN(C(=O)c2cccc3ccccc23)CC1. The fourth-order valence-corrected chi connectivity index (χ4v) is 5.17. The average molecular weight is 402 g/mol. The minimum absolute atomic E-state index is 0.133. The van der Waals surface area contributed by atoms with Gasteiger partial charge in [0.1, 0.15) is 5.01 Å². The number of nitrogens with zero attached hydrogens (tertiary/aromatic N) is 3. The highest BCUT2D eigenvalue weighted by atomic mass is 32.1. The summed E-state index contributed by atoms with van der Waals surface area (Å²) in [4.78, 5) is 22.4. The van der Waals surface area contributed by atoms with Gasteiger partial charge in [-0.3, -0.25) is 9.69 Å². The molecule has 1 fully saturated rings. The standard InChI is InChI=1S/C24H23N3OS/c1-17(23-25-21-11-4-5-12-22(21)29-23)26-13-15-27(16-14-26)24(28)20-10-6-8-18-7-2-3-9-19(18)20/h2-12,17H,13-16H2,1H3. The van der Waals surface area contributed by atoms with Crippen molar-refractivity contribution in [2.45, 2.75) is 13.0 Å². The van der Waals surface area contributed by atoms with Gasteiger partial charge in [0.25, 0.3) is 5.91 Å². The minimum atomic E-state index is 0.133. The van der Waals surface area contributed by atoms with Crippen molar-refractivity contribution in [1.82, 2.24) is 14.8 Å². The number of aromatic nitrogens is 1. The summed E-state index contributed by atoms with van der Waals surface area (Å²) < 4.78 is 1.24. The number of hydrogen-bond donors (Lipinski definition) is 0. The Labute approximate surface area is 174 Å². The molecule has 1 aliphatic rings. The van der Waals surface area contributed by atoms with Crippen molar-refractivity contribution in [3.8, 4) is 0 Å². The summed E-state index contributed by atoms with van der Waals surface area (Å²) in [6, 6.07) is 22.6. The molecule has 1 saturated heterocycles. The molecule has 0 aliphatic carbocycles. The van der Waals surface area contributed by atoms with Gasteiger partial charge in [0, 0.05) is 31.7 Å². The van der Waals surface area contributed by atoms with Crippen molar-refractivity contribution < 1.29 is 4.79 Å². The van der Waals surface area contributed by atoms with Crippen LogP contribution in [0.5, 0.6) is 0 Å². The molecule has 1 aliphatic heterocycles. The van der Waals surface area contributed by atoms with E-state index in [0.717, 1.165) is 53.0 Å². The Balaban J connectivity index is 1.30. The van der Waals surface area contributed by atoms with Crippen molar-refractivity contribution in [3.05, 3.63) is 77.3 Å². The lowest BCUT2D eigenvalue weighted by Gasteiger charge is -2.37. The summed E-state index contributed by atoms with van der Waals surface area (Å²) in [5.74, 6) is 0.133. The van der Waals surface area contributed by atoms with Crippen molar-refractivity contribution in [1.29, 1.82) is 0 Å². The summed E-state index contributed by atoms with van der Waals surface area (Å²) in [6.07, 6.45) is 0. The Morgan fingerprint density at radius 1 is 0.931 bits per heavy atom. The lowest BCUT2D eigenvalue weighted by Crippen LogP contribution is -2.49. The molecular formula is C24H23N3OS. The molecule has 29 heavy (non-hydrogen) atoms. The highest BCUT2D eigenvalue weighted by molar-refractivity contribution is 7.18. The zero-order valence-electron chi connectivity index (χ0n) is 16.4. The molecule has 146 valence electrons. The van der Waals surface area contributed by atoms with Crippen LogP contribution in [0.15, 0.2) is 66.7 Å². The van der Waals surface area contributed by atoms with Gasteiger partial charge in [-0.2, -0.15) is 0 Å². The van der Waals surface area contributed by atoms with Crippen LogP contribution in [-0.4, -0.2) is 46.9 Å². The van der Waals surface area contributed by atoms with Crippen molar-refractivity contribution in [3.63, 3.8) is 0 Å². The summed E-state index contributed by atoms with van der Waals surface area (Å²) >= 11 is 1.77. The Morgan fingerprint density at radius 3 is 2.48 bits per heavy atom. The van der Waals surface area contributed by atoms with E-state index in [1.807, 2.05) is 41.3 Å². The van der Waals surface area contributed by atoms with Crippen LogP contribution < -0.4 is 0 Å². The van der Waals surface area contributed by atoms with Crippen LogP contribution in [0.1, 0.15) is 28.3 Å². The number of amides is 1. The van der Waals surface area contributed by atoms with Crippen molar-refractivity contribution in [2.24, 2.45) is 0 Å². The number of rotatable bonds is 3. The highest BCUT2D eigenvalue weighted by Gasteiger charge is 2.27. The maximum Gasteiger partial charge on any atom is 0.254 e. The number of hydrogen-bond acceptors (Lipinski definition) is 4. The monoisotopic (exact) mass is 401 g/mol. The van der Waals surface area contributed by atoms with Crippen molar-refractivity contribution in [2.75, 3.05) is 26.2 Å². The van der Waals surface area contributed by atoms with Crippen molar-refractivity contribution >= 4 is 38.2 Å². The smallest absolute Gasteiger partial charge is 0.254 e. The Morgan fingerprint density at radius 2 is 1.66 bits per heavy atom. The van der Waals surface area contributed by atoms with Gasteiger partial charge in [0.15, 0.2) is 0 Å². The molecule has 0 spiro atoms. The largest absolute Gasteiger partial charge is 0.336 e. The van der Waals surface area contributed by atoms with Gasteiger partial charge < -0.3 is 4.90 Å². The summed E-state index contributed by atoms with van der Waals surface area (Å²) in [7, 11) is 0. The number of piperazine rings is 1. The topological polar surface area (TPSA) is 36.4 Å². The van der Waals surface area contributed by atoms with Gasteiger partial charge in [-0.1, -0.05) is 48.5 Å². The molecule has 0 saturated carbocycles. The third-order valence-corrected chi connectivity index (χ3v) is 7.04. The molecular weight excluding hydrogens is 378 g/mol. The first-order valence-corrected chi connectivity index (χ1v) is 10.9. The van der Waals surface area contributed by atoms with Gasteiger partial charge in [0.2, 0.25) is 0 Å². The van der Waals surface area contributed by atoms with Crippen LogP contribution in [0.25, 0.3) is 21.0 Å². The van der Waals surface area contributed by atoms with E-state index >= 15 is 0 Å². The molecule has 0 radical (unpaired) electrons. The van der Waals surface area contributed by atoms with Gasteiger partial charge >= 0.3 is 0 Å². The third-order valence-electron chi connectivity index (χ3n) is 5.84. The fourth-order valence-electron chi connectivity index (χ4n) is 4.12. The molecule has 3 aromatic carbocycles. The van der Waals surface area contributed by atoms with E-state index in [4.69, 9.17) is 4.98 Å². The predicted octanol–water partition coefficient (Wildman–Crippen LogP) is 4.97. The minimum Gasteiger partial charge on any atom is -0.336 e. The van der Waals surface area contributed by atoms with E-state index in [1.54, 1.807) is 11.3 Å². The predicted molar refractivity (Wildman–Crippen MR) is 119 cm³/mol. The fraction of sp³-hybridized carbons (Fsp3) is 0.250. The highest BCUT2D eigenvalue weighted by Crippen LogP contribution is 2.30. The van der Waals surface area contributed by atoms with Crippen LogP contribution in [0, 0.1) is 0 Å². The molecule has 2 heterocycles. The Hall–Kier alpha value is -2.76. The lowest BCUT2D eigenvalue weighted by atomic mass is 10.0. The van der Waals surface area contributed by atoms with Crippen LogP contribution in [0.4, 0.5) is 0 Å². The molecule has 0 N–H and O–H groups in total. The first kappa shape index (κ1) is 18.3. The molecule has 1 amide bonds. The van der Waals surface area contributed by atoms with Gasteiger partial charge in [-0.05, 0) is 35.9 Å². The Kier molecular flexibility index (Phi) is 4.78. The third kappa shape index (κ3) is 3.41. The number of carbonyl (C=O) groups is 1. The second kappa shape index (κ2) is 7.58. The van der Waals surface area contributed by atoms with E-state index < -0.39 is 0 Å². The molecule has 5 heteroatoms. The van der Waals surface area contributed by atoms with E-state index in [9.17, 15) is 4.79 Å². The number of fused-ring (bicyclic) bond motifs is 2. The maximum atomic E-state index is 13.2. The second-order valence-electron chi connectivity index (χ2n) is 7.55. The lowest BCUT2D eigenvalue weighted by molar-refractivity contribution is 0.0584. The molecule has 1 atom stereocenters. The molecule has 5 rings (SSSR count). The van der Waals surface area contributed by atoms with Crippen LogP contribution in [0.3, 0.4) is 0 Å². The van der Waals surface area contributed by atoms with Crippen LogP contribution >= 0.6 is 11.3 Å². The van der Waals surface area contributed by atoms with Crippen LogP contribution in [-0.2, 0) is 0 Å². The van der Waals surface area contributed by atoms with Gasteiger partial charge in [-0.15, -0.1) is 11.3 Å². The second-order valence-corrected chi connectivity index (χ2v) is 8.61. The zero-order valence-corrected chi connectivity index (χ0v) is 17.2. The first-order valence-electron chi connectivity index (χ1n) is 10.1. The normalized spacial score (nSPS) is 16.4. The number of thiazole rings is 1. The number of carbonyl (C=O) groups excluding carboxylic acids is 1. The number of para-hydroxylation sites is 1. The van der Waals surface area contributed by atoms with E-state index in [2.05, 4.69) is 42.2 Å². The molecule has 0 bridgehead atoms. The first-order chi connectivity index (χ1) is 14.2. The summed E-state index contributed by atoms with van der Waals surface area (Å²) in [6.45, 7) is 5.45. The maximum absolute atomic E-state index is 13.2. The van der Waals surface area contributed by atoms with E-state index in [0.29, 0.717) is 0 Å². The molecule has 1 aromatic heterocycles. The van der Waals surface area contributed by atoms with E-state index in [1.165, 1.54) is 4.70 Å². The number of benzene rings is 3. The zero-order chi connectivity index (χ0) is 19.8. The van der Waals surface area contributed by atoms with Gasteiger partial charge in [0.05, 0.1) is 16.3 Å². The summed E-state index contributed by atoms with van der Waals surface area (Å²) in [5, 5.41) is 3.30.